The summed E-state index contributed by atoms with van der Waals surface area (Å²) in [4.78, 5) is 41.6. The summed E-state index contributed by atoms with van der Waals surface area (Å²) in [6.07, 6.45) is 10.3. The monoisotopic (exact) mass is 455 g/mol. The zero-order valence-corrected chi connectivity index (χ0v) is 19.5. The van der Waals surface area contributed by atoms with Crippen LogP contribution in [-0.4, -0.2) is 60.0 Å². The second-order valence-corrected chi connectivity index (χ2v) is 9.74. The molecule has 3 fully saturated rings. The lowest BCUT2D eigenvalue weighted by Crippen LogP contribution is -2.65. The molecule has 0 aromatic heterocycles. The van der Waals surface area contributed by atoms with Crippen molar-refractivity contribution in [2.45, 2.75) is 88.3 Å². The highest BCUT2D eigenvalue weighted by Crippen LogP contribution is 2.36. The van der Waals surface area contributed by atoms with E-state index in [1.807, 2.05) is 6.07 Å². The van der Waals surface area contributed by atoms with Crippen molar-refractivity contribution in [1.29, 1.82) is 0 Å². The molecule has 0 spiro atoms. The van der Waals surface area contributed by atoms with Crippen LogP contribution in [0.2, 0.25) is 0 Å². The van der Waals surface area contributed by atoms with E-state index in [1.54, 1.807) is 29.2 Å². The van der Waals surface area contributed by atoms with E-state index >= 15 is 0 Å². The van der Waals surface area contributed by atoms with Crippen LogP contribution in [0.15, 0.2) is 30.3 Å². The molecule has 7 heteroatoms. The number of nitrogens with one attached hydrogen (secondary N) is 2. The summed E-state index contributed by atoms with van der Waals surface area (Å²) in [5.74, 6) is -0.512. The van der Waals surface area contributed by atoms with Gasteiger partial charge in [-0.05, 0) is 50.7 Å². The number of carbonyl (C=O) groups excluding carboxylic acids is 3. The highest BCUT2D eigenvalue weighted by molar-refractivity contribution is 5.97. The molecule has 1 aromatic rings. The molecule has 1 saturated heterocycles. The summed E-state index contributed by atoms with van der Waals surface area (Å²) >= 11 is 0. The number of benzene rings is 1. The Hall–Kier alpha value is -2.41. The van der Waals surface area contributed by atoms with E-state index in [-0.39, 0.29) is 36.4 Å². The normalized spacial score (nSPS) is 22.6. The average molecular weight is 456 g/mol. The van der Waals surface area contributed by atoms with Gasteiger partial charge in [-0.2, -0.15) is 0 Å². The lowest BCUT2D eigenvalue weighted by atomic mass is 9.78. The molecular formula is C26H37N3O4. The zero-order valence-electron chi connectivity index (χ0n) is 19.5. The fraction of sp³-hybridized carbons (Fsp3) is 0.654. The van der Waals surface area contributed by atoms with Crippen molar-refractivity contribution in [2.75, 3.05) is 19.7 Å². The van der Waals surface area contributed by atoms with Gasteiger partial charge in [-0.25, -0.2) is 0 Å². The molecule has 1 atom stereocenters. The third-order valence-corrected chi connectivity index (χ3v) is 7.46. The van der Waals surface area contributed by atoms with Gasteiger partial charge in [-0.1, -0.05) is 50.3 Å². The van der Waals surface area contributed by atoms with Crippen LogP contribution >= 0.6 is 0 Å². The molecule has 1 aromatic carbocycles. The minimum absolute atomic E-state index is 0.0187. The van der Waals surface area contributed by atoms with Crippen molar-refractivity contribution in [3.8, 4) is 0 Å². The zero-order chi connectivity index (χ0) is 23.1. The number of carbonyl (C=O) groups is 3. The Balaban J connectivity index is 1.52. The molecule has 1 heterocycles. The lowest BCUT2D eigenvalue weighted by Gasteiger charge is -2.46. The molecule has 7 nitrogen and oxygen atoms in total. The van der Waals surface area contributed by atoms with Gasteiger partial charge in [0.1, 0.15) is 5.54 Å². The van der Waals surface area contributed by atoms with Gasteiger partial charge in [0.05, 0.1) is 12.6 Å². The van der Waals surface area contributed by atoms with E-state index in [9.17, 15) is 14.4 Å². The van der Waals surface area contributed by atoms with Crippen LogP contribution < -0.4 is 10.6 Å². The smallest absolute Gasteiger partial charge is 0.251 e. The molecule has 2 N–H and O–H groups in total. The van der Waals surface area contributed by atoms with E-state index in [1.165, 1.54) is 0 Å². The molecule has 3 amide bonds. The molecule has 2 saturated carbocycles. The van der Waals surface area contributed by atoms with Crippen molar-refractivity contribution in [3.05, 3.63) is 35.9 Å². The Morgan fingerprint density at radius 3 is 2.33 bits per heavy atom. The van der Waals surface area contributed by atoms with Crippen LogP contribution in [0.4, 0.5) is 0 Å². The molecule has 3 aliphatic rings. The second kappa shape index (κ2) is 11.1. The Morgan fingerprint density at radius 2 is 1.67 bits per heavy atom. The largest absolute Gasteiger partial charge is 0.376 e. The van der Waals surface area contributed by atoms with Gasteiger partial charge in [0.2, 0.25) is 11.8 Å². The molecule has 33 heavy (non-hydrogen) atoms. The molecule has 2 aliphatic carbocycles. The van der Waals surface area contributed by atoms with Gasteiger partial charge in [-0.3, -0.25) is 14.4 Å². The highest BCUT2D eigenvalue weighted by Gasteiger charge is 2.48. The Bertz CT molecular complexity index is 810. The number of amides is 3. The summed E-state index contributed by atoms with van der Waals surface area (Å²) in [6.45, 7) is 0.968. The molecule has 0 radical (unpaired) electrons. The Labute approximate surface area is 196 Å². The van der Waals surface area contributed by atoms with E-state index in [0.29, 0.717) is 31.6 Å². The summed E-state index contributed by atoms with van der Waals surface area (Å²) in [5, 5.41) is 6.05. The van der Waals surface area contributed by atoms with Crippen LogP contribution in [0, 0.1) is 0 Å². The standard InChI is InChI=1S/C26H37N3O4/c30-23(18-27-24(31)20-10-3-1-4-11-20)29(19-22-14-9-17-33-22)26(15-7-2-8-16-26)25(32)28-21-12-5-6-13-21/h1,3-4,10-11,21-22H,2,5-9,12-19H2,(H,27,31)(H,28,32)/t22-/m0/s1. The molecule has 0 unspecified atom stereocenters. The molecule has 1 aliphatic heterocycles. The Kier molecular flexibility index (Phi) is 8.02. The molecular weight excluding hydrogens is 418 g/mol. The number of hydrogen-bond acceptors (Lipinski definition) is 4. The van der Waals surface area contributed by atoms with Gasteiger partial charge in [0.25, 0.3) is 5.91 Å². The SMILES string of the molecule is O=C(NCC(=O)N(C[C@@H]1CCCO1)C1(C(=O)NC2CCCC2)CCCCC1)c1ccccc1. The van der Waals surface area contributed by atoms with Gasteiger partial charge < -0.3 is 20.3 Å². The summed E-state index contributed by atoms with van der Waals surface area (Å²) in [6, 6.07) is 9.09. The van der Waals surface area contributed by atoms with Crippen LogP contribution in [0.25, 0.3) is 0 Å². The fourth-order valence-corrected chi connectivity index (χ4v) is 5.60. The van der Waals surface area contributed by atoms with Crippen LogP contribution in [-0.2, 0) is 14.3 Å². The number of ether oxygens (including phenoxy) is 1. The first-order valence-corrected chi connectivity index (χ1v) is 12.6. The second-order valence-electron chi connectivity index (χ2n) is 9.74. The predicted octanol–water partition coefficient (Wildman–Crippen LogP) is 3.19. The third kappa shape index (κ3) is 5.75. The lowest BCUT2D eigenvalue weighted by molar-refractivity contribution is -0.152. The highest BCUT2D eigenvalue weighted by atomic mass is 16.5. The average Bonchev–Trinajstić information content (AvgIpc) is 3.56. The van der Waals surface area contributed by atoms with Gasteiger partial charge in [0, 0.05) is 24.8 Å². The summed E-state index contributed by atoms with van der Waals surface area (Å²) in [5.41, 5.74) is -0.344. The van der Waals surface area contributed by atoms with Crippen LogP contribution in [0.3, 0.4) is 0 Å². The molecule has 0 bridgehead atoms. The van der Waals surface area contributed by atoms with E-state index < -0.39 is 5.54 Å². The summed E-state index contributed by atoms with van der Waals surface area (Å²) in [7, 11) is 0. The third-order valence-electron chi connectivity index (χ3n) is 7.46. The predicted molar refractivity (Wildman–Crippen MR) is 126 cm³/mol. The maximum Gasteiger partial charge on any atom is 0.251 e. The van der Waals surface area contributed by atoms with Gasteiger partial charge in [0.15, 0.2) is 0 Å². The maximum absolute atomic E-state index is 13.7. The van der Waals surface area contributed by atoms with Crippen molar-refractivity contribution in [2.24, 2.45) is 0 Å². The van der Waals surface area contributed by atoms with Crippen LogP contribution in [0.1, 0.15) is 81.0 Å². The van der Waals surface area contributed by atoms with E-state index in [0.717, 1.165) is 57.8 Å². The topological polar surface area (TPSA) is 87.7 Å². The van der Waals surface area contributed by atoms with Crippen molar-refractivity contribution < 1.29 is 19.1 Å². The van der Waals surface area contributed by atoms with E-state index in [4.69, 9.17) is 4.74 Å². The first-order chi connectivity index (χ1) is 16.1. The molecule has 180 valence electrons. The van der Waals surface area contributed by atoms with Crippen molar-refractivity contribution in [3.63, 3.8) is 0 Å². The van der Waals surface area contributed by atoms with Crippen LogP contribution in [0.5, 0.6) is 0 Å². The molecule has 4 rings (SSSR count). The quantitative estimate of drug-likeness (QED) is 0.630. The van der Waals surface area contributed by atoms with E-state index in [2.05, 4.69) is 10.6 Å². The van der Waals surface area contributed by atoms with Crippen molar-refractivity contribution in [1.82, 2.24) is 15.5 Å². The minimum Gasteiger partial charge on any atom is -0.376 e. The first-order valence-electron chi connectivity index (χ1n) is 12.6. The Morgan fingerprint density at radius 1 is 0.939 bits per heavy atom. The number of rotatable bonds is 8. The van der Waals surface area contributed by atoms with Crippen molar-refractivity contribution >= 4 is 17.7 Å². The summed E-state index contributed by atoms with van der Waals surface area (Å²) < 4.78 is 5.86. The van der Waals surface area contributed by atoms with Gasteiger partial charge in [-0.15, -0.1) is 0 Å². The fourth-order valence-electron chi connectivity index (χ4n) is 5.60. The van der Waals surface area contributed by atoms with Gasteiger partial charge >= 0.3 is 0 Å². The minimum atomic E-state index is -0.860. The maximum atomic E-state index is 13.7. The first kappa shape index (κ1) is 23.7. The number of nitrogens with zero attached hydrogens (tertiary/aromatic N) is 1. The number of hydrogen-bond donors (Lipinski definition) is 2.